The van der Waals surface area contributed by atoms with Crippen molar-refractivity contribution in [3.8, 4) is 34.4 Å². The lowest BCUT2D eigenvalue weighted by Gasteiger charge is -2.13. The molecule has 8 heteroatoms. The molecule has 0 unspecified atom stereocenters. The number of ether oxygens (including phenoxy) is 3. The van der Waals surface area contributed by atoms with E-state index in [1.165, 1.54) is 12.3 Å². The van der Waals surface area contributed by atoms with Crippen molar-refractivity contribution in [3.05, 3.63) is 108 Å². The third-order valence-electron chi connectivity index (χ3n) is 5.49. The van der Waals surface area contributed by atoms with E-state index in [1.807, 2.05) is 54.6 Å². The van der Waals surface area contributed by atoms with Crippen molar-refractivity contribution in [1.29, 1.82) is 5.26 Å². The highest BCUT2D eigenvalue weighted by atomic mass is 16.6. The first-order valence-corrected chi connectivity index (χ1v) is 12.2. The zero-order valence-corrected chi connectivity index (χ0v) is 21.3. The average Bonchev–Trinajstić information content (AvgIpc) is 3.49. The molecule has 0 fully saturated rings. The number of para-hydroxylation sites is 1. The van der Waals surface area contributed by atoms with E-state index < -0.39 is 11.9 Å². The molecular weight excluding hydrogens is 496 g/mol. The Bertz CT molecular complexity index is 1490. The molecule has 0 radical (unpaired) electrons. The van der Waals surface area contributed by atoms with Crippen molar-refractivity contribution < 1.29 is 28.2 Å². The zero-order valence-electron chi connectivity index (χ0n) is 21.3. The summed E-state index contributed by atoms with van der Waals surface area (Å²) in [4.78, 5) is 25.1. The Morgan fingerprint density at radius 2 is 1.72 bits per heavy atom. The van der Waals surface area contributed by atoms with Gasteiger partial charge in [-0.2, -0.15) is 5.26 Å². The van der Waals surface area contributed by atoms with Gasteiger partial charge in [0.05, 0.1) is 19.4 Å². The first kappa shape index (κ1) is 26.8. The van der Waals surface area contributed by atoms with Crippen molar-refractivity contribution in [1.82, 2.24) is 5.32 Å². The van der Waals surface area contributed by atoms with E-state index in [2.05, 4.69) is 5.32 Å². The topological polar surface area (TPSA) is 111 Å². The van der Waals surface area contributed by atoms with Gasteiger partial charge < -0.3 is 23.9 Å². The Hall–Kier alpha value is -5.29. The molecule has 1 amide bonds. The molecule has 0 aliphatic rings. The SMILES string of the molecule is CCOc1cc(/C=C(\C#N)C(=O)NCc2ccco2)ccc1OC(=O)COc1ccccc1-c1ccccc1. The van der Waals surface area contributed by atoms with Gasteiger partial charge in [-0.15, -0.1) is 0 Å². The third kappa shape index (κ3) is 7.37. The van der Waals surface area contributed by atoms with Crippen LogP contribution in [-0.4, -0.2) is 25.1 Å². The molecule has 0 saturated carbocycles. The van der Waals surface area contributed by atoms with E-state index in [-0.39, 0.29) is 30.2 Å². The summed E-state index contributed by atoms with van der Waals surface area (Å²) in [6, 6.07) is 27.3. The van der Waals surface area contributed by atoms with Crippen LogP contribution in [0.3, 0.4) is 0 Å². The van der Waals surface area contributed by atoms with Gasteiger partial charge in [0.2, 0.25) is 0 Å². The van der Waals surface area contributed by atoms with Crippen LogP contribution in [0.2, 0.25) is 0 Å². The fraction of sp³-hybridized carbons (Fsp3) is 0.129. The Balaban J connectivity index is 1.43. The maximum atomic E-state index is 12.6. The van der Waals surface area contributed by atoms with Gasteiger partial charge in [0, 0.05) is 5.56 Å². The van der Waals surface area contributed by atoms with E-state index in [0.717, 1.165) is 11.1 Å². The Labute approximate surface area is 226 Å². The lowest BCUT2D eigenvalue weighted by Crippen LogP contribution is -2.23. The highest BCUT2D eigenvalue weighted by Crippen LogP contribution is 2.31. The monoisotopic (exact) mass is 522 g/mol. The summed E-state index contributed by atoms with van der Waals surface area (Å²) in [5.74, 6) is 0.447. The van der Waals surface area contributed by atoms with Crippen LogP contribution in [0.1, 0.15) is 18.2 Å². The number of rotatable bonds is 11. The van der Waals surface area contributed by atoms with E-state index >= 15 is 0 Å². The largest absolute Gasteiger partial charge is 0.490 e. The van der Waals surface area contributed by atoms with Gasteiger partial charge in [0.25, 0.3) is 5.91 Å². The number of carbonyl (C=O) groups excluding carboxylic acids is 2. The molecule has 4 aromatic rings. The highest BCUT2D eigenvalue weighted by Gasteiger charge is 2.15. The molecular formula is C31H26N2O6. The van der Waals surface area contributed by atoms with Crippen molar-refractivity contribution in [2.45, 2.75) is 13.5 Å². The minimum Gasteiger partial charge on any atom is -0.490 e. The number of nitriles is 1. The second kappa shape index (κ2) is 13.3. The van der Waals surface area contributed by atoms with Crippen LogP contribution in [0.5, 0.6) is 17.2 Å². The first-order valence-electron chi connectivity index (χ1n) is 12.2. The van der Waals surface area contributed by atoms with E-state index in [0.29, 0.717) is 23.7 Å². The van der Waals surface area contributed by atoms with Gasteiger partial charge in [0.1, 0.15) is 23.2 Å². The van der Waals surface area contributed by atoms with Crippen molar-refractivity contribution >= 4 is 18.0 Å². The van der Waals surface area contributed by atoms with Gasteiger partial charge in [-0.05, 0) is 54.5 Å². The van der Waals surface area contributed by atoms with Gasteiger partial charge in [-0.1, -0.05) is 54.6 Å². The summed E-state index contributed by atoms with van der Waals surface area (Å²) in [7, 11) is 0. The summed E-state index contributed by atoms with van der Waals surface area (Å²) >= 11 is 0. The van der Waals surface area contributed by atoms with E-state index in [1.54, 1.807) is 43.3 Å². The molecule has 39 heavy (non-hydrogen) atoms. The van der Waals surface area contributed by atoms with Gasteiger partial charge in [-0.3, -0.25) is 4.79 Å². The van der Waals surface area contributed by atoms with Crippen LogP contribution in [0.4, 0.5) is 0 Å². The Morgan fingerprint density at radius 3 is 2.46 bits per heavy atom. The predicted octanol–water partition coefficient (Wildman–Crippen LogP) is 5.55. The molecule has 1 heterocycles. The second-order valence-electron chi connectivity index (χ2n) is 8.20. The van der Waals surface area contributed by atoms with E-state index in [4.69, 9.17) is 18.6 Å². The van der Waals surface area contributed by atoms with E-state index in [9.17, 15) is 14.9 Å². The minimum absolute atomic E-state index is 0.0979. The lowest BCUT2D eigenvalue weighted by molar-refractivity contribution is -0.136. The second-order valence-corrected chi connectivity index (χ2v) is 8.20. The minimum atomic E-state index is -0.614. The van der Waals surface area contributed by atoms with Crippen LogP contribution < -0.4 is 19.5 Å². The third-order valence-corrected chi connectivity index (χ3v) is 5.49. The Kier molecular flexibility index (Phi) is 9.13. The van der Waals surface area contributed by atoms with Gasteiger partial charge >= 0.3 is 5.97 Å². The predicted molar refractivity (Wildman–Crippen MR) is 145 cm³/mol. The molecule has 3 aromatic carbocycles. The number of esters is 1. The summed E-state index contributed by atoms with van der Waals surface area (Å²) in [6.07, 6.45) is 2.93. The number of hydrogen-bond acceptors (Lipinski definition) is 7. The highest BCUT2D eigenvalue weighted by molar-refractivity contribution is 6.01. The van der Waals surface area contributed by atoms with Crippen molar-refractivity contribution in [3.63, 3.8) is 0 Å². The van der Waals surface area contributed by atoms with Crippen LogP contribution in [0, 0.1) is 11.3 Å². The molecule has 196 valence electrons. The quantitative estimate of drug-likeness (QED) is 0.119. The maximum Gasteiger partial charge on any atom is 0.349 e. The van der Waals surface area contributed by atoms with Crippen LogP contribution in [-0.2, 0) is 16.1 Å². The smallest absolute Gasteiger partial charge is 0.349 e. The molecule has 1 N–H and O–H groups in total. The number of benzene rings is 3. The zero-order chi connectivity index (χ0) is 27.5. The van der Waals surface area contributed by atoms with Crippen LogP contribution in [0.15, 0.2) is 101 Å². The van der Waals surface area contributed by atoms with Crippen LogP contribution in [0.25, 0.3) is 17.2 Å². The normalized spacial score (nSPS) is 10.8. The summed E-state index contributed by atoms with van der Waals surface area (Å²) < 4.78 is 22.1. The van der Waals surface area contributed by atoms with Crippen molar-refractivity contribution in [2.24, 2.45) is 0 Å². The average molecular weight is 523 g/mol. The number of hydrogen-bond donors (Lipinski definition) is 1. The molecule has 0 atom stereocenters. The van der Waals surface area contributed by atoms with Crippen LogP contribution >= 0.6 is 0 Å². The first-order chi connectivity index (χ1) is 19.1. The summed E-state index contributed by atoms with van der Waals surface area (Å²) in [5.41, 5.74) is 2.25. The number of carbonyl (C=O) groups is 2. The molecule has 0 aliphatic heterocycles. The maximum absolute atomic E-state index is 12.6. The molecule has 8 nitrogen and oxygen atoms in total. The number of furan rings is 1. The molecule has 1 aromatic heterocycles. The van der Waals surface area contributed by atoms with Crippen molar-refractivity contribution in [2.75, 3.05) is 13.2 Å². The number of amides is 1. The fourth-order valence-electron chi connectivity index (χ4n) is 3.70. The molecule has 4 rings (SSSR count). The molecule has 0 bridgehead atoms. The number of nitrogens with zero attached hydrogens (tertiary/aromatic N) is 1. The standard InChI is InChI=1S/C31H26N2O6/c1-2-36-29-18-22(17-24(19-32)31(35)33-20-25-11-8-16-37-25)14-15-28(29)39-30(34)21-38-27-13-7-6-12-26(27)23-9-4-3-5-10-23/h3-18H,2,20-21H2,1H3,(H,33,35)/b24-17+. The van der Waals surface area contributed by atoms with Gasteiger partial charge in [-0.25, -0.2) is 4.79 Å². The molecule has 0 aliphatic carbocycles. The molecule has 0 saturated heterocycles. The Morgan fingerprint density at radius 1 is 0.923 bits per heavy atom. The lowest BCUT2D eigenvalue weighted by atomic mass is 10.1. The number of nitrogens with one attached hydrogen (secondary N) is 1. The molecule has 0 spiro atoms. The summed E-state index contributed by atoms with van der Waals surface area (Å²) in [6.45, 7) is 1.95. The van der Waals surface area contributed by atoms with Gasteiger partial charge in [0.15, 0.2) is 18.1 Å². The fourth-order valence-corrected chi connectivity index (χ4v) is 3.70. The summed E-state index contributed by atoms with van der Waals surface area (Å²) in [5, 5.41) is 12.1.